The van der Waals surface area contributed by atoms with Gasteiger partial charge in [-0.15, -0.1) is 0 Å². The Balaban J connectivity index is 1.44. The van der Waals surface area contributed by atoms with Gasteiger partial charge >= 0.3 is 0 Å². The molecule has 0 radical (unpaired) electrons. The first kappa shape index (κ1) is 21.2. The number of benzene rings is 1. The fourth-order valence-electron chi connectivity index (χ4n) is 6.13. The van der Waals surface area contributed by atoms with Crippen molar-refractivity contribution in [1.82, 2.24) is 14.8 Å². The fraction of sp³-hybridized carbons (Fsp3) is 0.519. The van der Waals surface area contributed by atoms with Gasteiger partial charge in [0.05, 0.1) is 5.41 Å². The summed E-state index contributed by atoms with van der Waals surface area (Å²) in [6.07, 6.45) is 10.7. The molecule has 2 heterocycles. The number of hydrogen-bond donors (Lipinski definition) is 0. The van der Waals surface area contributed by atoms with Crippen molar-refractivity contribution in [2.75, 3.05) is 27.2 Å². The summed E-state index contributed by atoms with van der Waals surface area (Å²) in [6, 6.07) is 12.3. The number of amides is 2. The molecule has 1 aromatic heterocycles. The van der Waals surface area contributed by atoms with E-state index < -0.39 is 5.41 Å². The van der Waals surface area contributed by atoms with Crippen molar-refractivity contribution in [3.63, 3.8) is 0 Å². The summed E-state index contributed by atoms with van der Waals surface area (Å²) in [5.41, 5.74) is 3.05. The van der Waals surface area contributed by atoms with Gasteiger partial charge in [0, 0.05) is 51.1 Å². The maximum absolute atomic E-state index is 13.6. The third-order valence-corrected chi connectivity index (χ3v) is 8.10. The first-order valence-corrected chi connectivity index (χ1v) is 11.9. The molecule has 0 bridgehead atoms. The van der Waals surface area contributed by atoms with Crippen LogP contribution in [-0.2, 0) is 16.0 Å². The molecule has 168 valence electrons. The number of carbonyl (C=O) groups excluding carboxylic acids is 2. The maximum atomic E-state index is 13.6. The van der Waals surface area contributed by atoms with Crippen LogP contribution in [0.3, 0.4) is 0 Å². The molecule has 32 heavy (non-hydrogen) atoms. The number of likely N-dealkylation sites (tertiary alicyclic amines) is 1. The van der Waals surface area contributed by atoms with Crippen molar-refractivity contribution in [2.45, 2.75) is 44.9 Å². The lowest BCUT2D eigenvalue weighted by molar-refractivity contribution is -0.148. The van der Waals surface area contributed by atoms with Gasteiger partial charge in [-0.05, 0) is 61.1 Å². The first-order chi connectivity index (χ1) is 15.4. The Bertz CT molecular complexity index is 1010. The van der Waals surface area contributed by atoms with Crippen LogP contribution in [0.2, 0.25) is 0 Å². The monoisotopic (exact) mass is 431 g/mol. The van der Waals surface area contributed by atoms with E-state index in [1.165, 1.54) is 19.3 Å². The van der Waals surface area contributed by atoms with Crippen molar-refractivity contribution in [3.8, 4) is 11.1 Å². The van der Waals surface area contributed by atoms with E-state index in [1.54, 1.807) is 11.1 Å². The second kappa shape index (κ2) is 8.02. The van der Waals surface area contributed by atoms with Gasteiger partial charge in [0.2, 0.25) is 11.8 Å². The average Bonchev–Trinajstić information content (AvgIpc) is 3.56. The number of pyridine rings is 1. The molecule has 5 nitrogen and oxygen atoms in total. The minimum atomic E-state index is -0.586. The summed E-state index contributed by atoms with van der Waals surface area (Å²) >= 11 is 0. The molecule has 1 aromatic carbocycles. The van der Waals surface area contributed by atoms with Crippen LogP contribution in [0.5, 0.6) is 0 Å². The number of nitrogens with zero attached hydrogens (tertiary/aromatic N) is 3. The van der Waals surface area contributed by atoms with Crippen LogP contribution < -0.4 is 0 Å². The summed E-state index contributed by atoms with van der Waals surface area (Å²) < 4.78 is 0. The second-order valence-electron chi connectivity index (χ2n) is 10.4. The van der Waals surface area contributed by atoms with Gasteiger partial charge in [-0.1, -0.05) is 36.8 Å². The summed E-state index contributed by atoms with van der Waals surface area (Å²) in [5.74, 6) is 0.621. The predicted molar refractivity (Wildman–Crippen MR) is 125 cm³/mol. The van der Waals surface area contributed by atoms with Crippen LogP contribution in [0.1, 0.15) is 44.1 Å². The van der Waals surface area contributed by atoms with E-state index in [2.05, 4.69) is 23.2 Å². The van der Waals surface area contributed by atoms with Crippen molar-refractivity contribution in [3.05, 3.63) is 54.4 Å². The van der Waals surface area contributed by atoms with Crippen molar-refractivity contribution in [1.29, 1.82) is 0 Å². The molecule has 2 aliphatic carbocycles. The molecule has 2 unspecified atom stereocenters. The SMILES string of the molecule is CN(C)C(=O)C1(Cc2ccccc2-c2cccnc2)CCCN(C(=O)C2CC23CCC3)C1. The zero-order valence-corrected chi connectivity index (χ0v) is 19.2. The Kier molecular flexibility index (Phi) is 5.31. The predicted octanol–water partition coefficient (Wildman–Crippen LogP) is 4.18. The van der Waals surface area contributed by atoms with Gasteiger partial charge in [0.15, 0.2) is 0 Å². The molecule has 2 amide bonds. The van der Waals surface area contributed by atoms with E-state index in [0.717, 1.165) is 42.5 Å². The van der Waals surface area contributed by atoms with Crippen LogP contribution in [0.4, 0.5) is 0 Å². The summed E-state index contributed by atoms with van der Waals surface area (Å²) in [4.78, 5) is 35.0. The highest BCUT2D eigenvalue weighted by atomic mass is 16.2. The molecule has 1 aliphatic heterocycles. The molecule has 3 aliphatic rings. The molecule has 0 N–H and O–H groups in total. The Labute approximate surface area is 190 Å². The van der Waals surface area contributed by atoms with Gasteiger partial charge in [0.1, 0.15) is 0 Å². The second-order valence-corrected chi connectivity index (χ2v) is 10.4. The third kappa shape index (κ3) is 3.62. The summed E-state index contributed by atoms with van der Waals surface area (Å²) in [7, 11) is 3.67. The highest BCUT2D eigenvalue weighted by molar-refractivity contribution is 5.87. The molecular weight excluding hydrogens is 398 g/mol. The first-order valence-electron chi connectivity index (χ1n) is 11.9. The van der Waals surface area contributed by atoms with Crippen LogP contribution in [-0.4, -0.2) is 53.8 Å². The van der Waals surface area contributed by atoms with Crippen LogP contribution in [0.15, 0.2) is 48.8 Å². The van der Waals surface area contributed by atoms with Crippen molar-refractivity contribution < 1.29 is 9.59 Å². The van der Waals surface area contributed by atoms with E-state index in [9.17, 15) is 9.59 Å². The molecule has 1 saturated heterocycles. The summed E-state index contributed by atoms with van der Waals surface area (Å²) in [5, 5.41) is 0. The molecule has 1 spiro atoms. The number of rotatable bonds is 5. The fourth-order valence-corrected chi connectivity index (χ4v) is 6.13. The minimum Gasteiger partial charge on any atom is -0.348 e. The molecule has 2 atom stereocenters. The standard InChI is InChI=1S/C27H33N3O2/c1-29(2)25(32)27(16-20-8-3-4-10-22(20)21-9-5-14-28-18-21)13-7-15-30(19-27)24(31)23-17-26(23)11-6-12-26/h3-5,8-10,14,18,23H,6-7,11-13,15-17,19H2,1-2H3. The highest BCUT2D eigenvalue weighted by Gasteiger charge is 2.62. The molecule has 3 fully saturated rings. The smallest absolute Gasteiger partial charge is 0.230 e. The largest absolute Gasteiger partial charge is 0.348 e. The van der Waals surface area contributed by atoms with Crippen molar-refractivity contribution in [2.24, 2.45) is 16.7 Å². The number of piperidine rings is 1. The minimum absolute atomic E-state index is 0.130. The lowest BCUT2D eigenvalue weighted by Gasteiger charge is -2.44. The Morgan fingerprint density at radius 2 is 1.91 bits per heavy atom. The Morgan fingerprint density at radius 3 is 2.56 bits per heavy atom. The number of aromatic nitrogens is 1. The van der Waals surface area contributed by atoms with Crippen LogP contribution >= 0.6 is 0 Å². The van der Waals surface area contributed by atoms with Gasteiger partial charge < -0.3 is 9.80 Å². The van der Waals surface area contributed by atoms with Crippen LogP contribution in [0, 0.1) is 16.7 Å². The normalized spacial score (nSPS) is 25.8. The van der Waals surface area contributed by atoms with Gasteiger partial charge in [-0.3, -0.25) is 14.6 Å². The maximum Gasteiger partial charge on any atom is 0.230 e. The number of carbonyl (C=O) groups is 2. The zero-order valence-electron chi connectivity index (χ0n) is 19.2. The van der Waals surface area contributed by atoms with E-state index in [-0.39, 0.29) is 11.8 Å². The third-order valence-electron chi connectivity index (χ3n) is 8.10. The van der Waals surface area contributed by atoms with Crippen LogP contribution in [0.25, 0.3) is 11.1 Å². The van der Waals surface area contributed by atoms with Crippen molar-refractivity contribution >= 4 is 11.8 Å². The van der Waals surface area contributed by atoms with Gasteiger partial charge in [0.25, 0.3) is 0 Å². The van der Waals surface area contributed by atoms with E-state index in [1.807, 2.05) is 43.4 Å². The quantitative estimate of drug-likeness (QED) is 0.714. The molecule has 5 rings (SSSR count). The topological polar surface area (TPSA) is 53.5 Å². The van der Waals surface area contributed by atoms with Gasteiger partial charge in [-0.25, -0.2) is 0 Å². The van der Waals surface area contributed by atoms with Gasteiger partial charge in [-0.2, -0.15) is 0 Å². The number of hydrogen-bond acceptors (Lipinski definition) is 3. The van der Waals surface area contributed by atoms with E-state index >= 15 is 0 Å². The zero-order chi connectivity index (χ0) is 22.3. The lowest BCUT2D eigenvalue weighted by atomic mass is 9.72. The Hall–Kier alpha value is -2.69. The van der Waals surface area contributed by atoms with E-state index in [0.29, 0.717) is 24.3 Å². The average molecular weight is 432 g/mol. The Morgan fingerprint density at radius 1 is 1.09 bits per heavy atom. The highest BCUT2D eigenvalue weighted by Crippen LogP contribution is 2.66. The molecular formula is C27H33N3O2. The van der Waals surface area contributed by atoms with E-state index in [4.69, 9.17) is 0 Å². The summed E-state index contributed by atoms with van der Waals surface area (Å²) in [6.45, 7) is 1.30. The molecule has 2 aromatic rings. The molecule has 5 heteroatoms. The lowest BCUT2D eigenvalue weighted by Crippen LogP contribution is -2.54. The molecule has 2 saturated carbocycles.